The summed E-state index contributed by atoms with van der Waals surface area (Å²) in [5, 5.41) is 1.26. The van der Waals surface area contributed by atoms with Gasteiger partial charge >= 0.3 is 0 Å². The number of hydrogen-bond donors (Lipinski definition) is 1. The number of benzene rings is 1. The molecule has 0 amide bonds. The van der Waals surface area contributed by atoms with Crippen LogP contribution in [-0.4, -0.2) is 4.98 Å². The third-order valence-electron chi connectivity index (χ3n) is 1.66. The van der Waals surface area contributed by atoms with Crippen molar-refractivity contribution in [2.75, 3.05) is 0 Å². The van der Waals surface area contributed by atoms with Gasteiger partial charge in [-0.15, -0.1) is 0 Å². The van der Waals surface area contributed by atoms with Crippen LogP contribution in [0.1, 0.15) is 0 Å². The molecule has 2 aromatic rings. The van der Waals surface area contributed by atoms with E-state index in [1.54, 1.807) is 6.20 Å². The van der Waals surface area contributed by atoms with Gasteiger partial charge in [0.1, 0.15) is 5.82 Å². The lowest BCUT2D eigenvalue weighted by atomic mass is 10.2. The number of halogens is 3. The van der Waals surface area contributed by atoms with E-state index in [-0.39, 0.29) is 5.82 Å². The molecule has 0 fully saturated rings. The smallest absolute Gasteiger partial charge is 0.125 e. The fraction of sp³-hybridized carbons (Fsp3) is 0. The lowest BCUT2D eigenvalue weighted by molar-refractivity contribution is 0.630. The largest absolute Gasteiger partial charge is 0.359 e. The molecule has 0 unspecified atom stereocenters. The van der Waals surface area contributed by atoms with Crippen molar-refractivity contribution in [3.63, 3.8) is 0 Å². The van der Waals surface area contributed by atoms with Crippen molar-refractivity contribution in [2.45, 2.75) is 0 Å². The highest BCUT2D eigenvalue weighted by Gasteiger charge is 2.06. The molecule has 1 aromatic carbocycles. The third-order valence-corrected chi connectivity index (χ3v) is 2.85. The molecule has 0 atom stereocenters. The lowest BCUT2D eigenvalue weighted by Gasteiger charge is -1.94. The molecule has 1 aromatic heterocycles. The second-order valence-corrected chi connectivity index (χ2v) is 4.02. The fourth-order valence-electron chi connectivity index (χ4n) is 1.12. The maximum absolute atomic E-state index is 12.9. The summed E-state index contributed by atoms with van der Waals surface area (Å²) < 4.78 is 13.8. The minimum Gasteiger partial charge on any atom is -0.359 e. The Hall–Kier alpha value is -0.290. The van der Waals surface area contributed by atoms with E-state index < -0.39 is 0 Å². The van der Waals surface area contributed by atoms with E-state index >= 15 is 0 Å². The molecule has 0 saturated heterocycles. The molecule has 0 aliphatic carbocycles. The molecular weight excluding hydrogens is 291 g/mol. The van der Waals surface area contributed by atoms with Crippen LogP contribution in [-0.2, 0) is 0 Å². The van der Waals surface area contributed by atoms with Gasteiger partial charge in [-0.05, 0) is 34.7 Å². The quantitative estimate of drug-likeness (QED) is 0.715. The number of hydrogen-bond acceptors (Lipinski definition) is 0. The Morgan fingerprint density at radius 1 is 1.42 bits per heavy atom. The summed E-state index contributed by atoms with van der Waals surface area (Å²) in [6, 6.07) is 2.77. The van der Waals surface area contributed by atoms with Gasteiger partial charge in [-0.25, -0.2) is 4.39 Å². The lowest BCUT2D eigenvalue weighted by Crippen LogP contribution is -1.76. The van der Waals surface area contributed by atoms with Crippen LogP contribution in [0.25, 0.3) is 10.9 Å². The minimum absolute atomic E-state index is 0.301. The average molecular weight is 295 g/mol. The molecule has 12 heavy (non-hydrogen) atoms. The first-order valence-electron chi connectivity index (χ1n) is 3.30. The van der Waals surface area contributed by atoms with E-state index in [4.69, 9.17) is 11.6 Å². The third kappa shape index (κ3) is 1.21. The van der Waals surface area contributed by atoms with Gasteiger partial charge in [-0.2, -0.15) is 0 Å². The summed E-state index contributed by atoms with van der Waals surface area (Å²) in [5.41, 5.74) is 0.794. The Bertz CT molecular complexity index is 438. The SMILES string of the molecule is Fc1cc(Cl)c2[nH]cc(I)c2c1. The van der Waals surface area contributed by atoms with E-state index in [1.807, 2.05) is 0 Å². The molecule has 0 aliphatic rings. The van der Waals surface area contributed by atoms with E-state index in [2.05, 4.69) is 27.6 Å². The molecule has 1 N–H and O–H groups in total. The number of nitrogens with one attached hydrogen (secondary N) is 1. The molecule has 1 nitrogen and oxygen atoms in total. The van der Waals surface area contributed by atoms with Crippen LogP contribution in [0.5, 0.6) is 0 Å². The predicted octanol–water partition coefficient (Wildman–Crippen LogP) is 3.57. The van der Waals surface area contributed by atoms with Crippen molar-refractivity contribution in [1.29, 1.82) is 0 Å². The molecule has 0 bridgehead atoms. The second kappa shape index (κ2) is 2.88. The molecule has 4 heteroatoms. The number of H-pyrrole nitrogens is 1. The zero-order chi connectivity index (χ0) is 8.72. The Balaban J connectivity index is 2.92. The Kier molecular flexibility index (Phi) is 2.00. The van der Waals surface area contributed by atoms with Gasteiger partial charge in [-0.1, -0.05) is 11.6 Å². The molecule has 0 spiro atoms. The van der Waals surface area contributed by atoms with Crippen LogP contribution < -0.4 is 0 Å². The first-order valence-corrected chi connectivity index (χ1v) is 4.76. The van der Waals surface area contributed by atoms with Gasteiger partial charge in [0.2, 0.25) is 0 Å². The van der Waals surface area contributed by atoms with Gasteiger partial charge in [0, 0.05) is 15.2 Å². The number of rotatable bonds is 0. The highest BCUT2D eigenvalue weighted by molar-refractivity contribution is 14.1. The van der Waals surface area contributed by atoms with Gasteiger partial charge in [0.15, 0.2) is 0 Å². The van der Waals surface area contributed by atoms with Crippen LogP contribution in [0, 0.1) is 9.39 Å². The molecule has 0 radical (unpaired) electrons. The highest BCUT2D eigenvalue weighted by atomic mass is 127. The zero-order valence-corrected chi connectivity index (χ0v) is 8.78. The summed E-state index contributed by atoms with van der Waals surface area (Å²) >= 11 is 7.93. The monoisotopic (exact) mass is 295 g/mol. The average Bonchev–Trinajstić information content (AvgIpc) is 2.33. The van der Waals surface area contributed by atoms with Crippen LogP contribution in [0.3, 0.4) is 0 Å². The minimum atomic E-state index is -0.301. The van der Waals surface area contributed by atoms with Crippen LogP contribution in [0.2, 0.25) is 5.02 Å². The van der Waals surface area contributed by atoms with E-state index in [9.17, 15) is 4.39 Å². The fourth-order valence-corrected chi connectivity index (χ4v) is 1.96. The van der Waals surface area contributed by atoms with E-state index in [0.29, 0.717) is 5.02 Å². The van der Waals surface area contributed by atoms with Gasteiger partial charge in [0.25, 0.3) is 0 Å². The van der Waals surface area contributed by atoms with E-state index in [1.165, 1.54) is 12.1 Å². The molecule has 1 heterocycles. The second-order valence-electron chi connectivity index (χ2n) is 2.45. The van der Waals surface area contributed by atoms with Crippen LogP contribution in [0.4, 0.5) is 4.39 Å². The van der Waals surface area contributed by atoms with Crippen molar-refractivity contribution in [1.82, 2.24) is 4.98 Å². The topological polar surface area (TPSA) is 15.8 Å². The van der Waals surface area contributed by atoms with Gasteiger partial charge < -0.3 is 4.98 Å². The molecule has 0 saturated carbocycles. The van der Waals surface area contributed by atoms with E-state index in [0.717, 1.165) is 14.5 Å². The number of aromatic amines is 1. The maximum Gasteiger partial charge on any atom is 0.125 e. The Morgan fingerprint density at radius 2 is 2.17 bits per heavy atom. The van der Waals surface area contributed by atoms with Crippen LogP contribution in [0.15, 0.2) is 18.3 Å². The first kappa shape index (κ1) is 8.31. The highest BCUT2D eigenvalue weighted by Crippen LogP contribution is 2.27. The van der Waals surface area contributed by atoms with Crippen LogP contribution >= 0.6 is 34.2 Å². The van der Waals surface area contributed by atoms with Crippen molar-refractivity contribution in [2.24, 2.45) is 0 Å². The Morgan fingerprint density at radius 3 is 2.92 bits per heavy atom. The summed E-state index contributed by atoms with van der Waals surface area (Å²) in [6.45, 7) is 0. The van der Waals surface area contributed by atoms with Crippen molar-refractivity contribution in [3.8, 4) is 0 Å². The summed E-state index contributed by atoms with van der Waals surface area (Å²) in [7, 11) is 0. The standard InChI is InChI=1S/C8H4ClFIN/c9-6-2-4(10)1-5-7(11)3-12-8(5)6/h1-3,12H. The van der Waals surface area contributed by atoms with Crippen molar-refractivity contribution in [3.05, 3.63) is 32.7 Å². The van der Waals surface area contributed by atoms with Gasteiger partial charge in [-0.3, -0.25) is 0 Å². The van der Waals surface area contributed by atoms with Crippen molar-refractivity contribution >= 4 is 45.1 Å². The molecule has 62 valence electrons. The molecule has 2 rings (SSSR count). The summed E-state index contributed by atoms with van der Waals surface area (Å²) in [6.07, 6.45) is 1.80. The zero-order valence-electron chi connectivity index (χ0n) is 5.87. The number of aromatic nitrogens is 1. The maximum atomic E-state index is 12.9. The molecule has 0 aliphatic heterocycles. The van der Waals surface area contributed by atoms with Gasteiger partial charge in [0.05, 0.1) is 10.5 Å². The molecular formula is C8H4ClFIN. The summed E-state index contributed by atoms with van der Waals surface area (Å²) in [4.78, 5) is 2.98. The Labute approximate surface area is 87.1 Å². The summed E-state index contributed by atoms with van der Waals surface area (Å²) in [5.74, 6) is -0.301. The normalized spacial score (nSPS) is 10.9. The number of fused-ring (bicyclic) bond motifs is 1. The van der Waals surface area contributed by atoms with Crippen molar-refractivity contribution < 1.29 is 4.39 Å². The first-order chi connectivity index (χ1) is 5.68. The predicted molar refractivity (Wildman–Crippen MR) is 56.0 cm³/mol.